The van der Waals surface area contributed by atoms with Crippen molar-refractivity contribution in [3.63, 3.8) is 0 Å². The van der Waals surface area contributed by atoms with E-state index >= 15 is 0 Å². The maximum atomic E-state index is 12.2. The van der Waals surface area contributed by atoms with E-state index in [4.69, 9.17) is 9.73 Å². The van der Waals surface area contributed by atoms with Crippen molar-refractivity contribution in [2.24, 2.45) is 21.8 Å². The number of anilines is 1. The Kier molecular flexibility index (Phi) is 7.20. The van der Waals surface area contributed by atoms with Crippen molar-refractivity contribution < 1.29 is 9.53 Å². The van der Waals surface area contributed by atoms with Gasteiger partial charge in [-0.3, -0.25) is 4.79 Å². The van der Waals surface area contributed by atoms with Crippen LogP contribution in [-0.2, 0) is 9.53 Å². The fourth-order valence-electron chi connectivity index (χ4n) is 3.87. The zero-order valence-corrected chi connectivity index (χ0v) is 17.6. The summed E-state index contributed by atoms with van der Waals surface area (Å²) in [6, 6.07) is 8.33. The van der Waals surface area contributed by atoms with Gasteiger partial charge in [0.2, 0.25) is 5.91 Å². The Bertz CT molecular complexity index is 756. The monoisotopic (exact) mass is 396 g/mol. The van der Waals surface area contributed by atoms with Crippen LogP contribution in [0.25, 0.3) is 5.70 Å². The molecular weight excluding hydrogens is 364 g/mol. The zero-order valence-electron chi connectivity index (χ0n) is 17.6. The highest BCUT2D eigenvalue weighted by atomic mass is 16.5. The van der Waals surface area contributed by atoms with E-state index in [2.05, 4.69) is 47.5 Å². The van der Waals surface area contributed by atoms with Crippen molar-refractivity contribution in [3.8, 4) is 0 Å². The van der Waals surface area contributed by atoms with E-state index in [0.717, 1.165) is 63.6 Å². The van der Waals surface area contributed by atoms with Gasteiger partial charge in [-0.2, -0.15) is 0 Å². The largest absolute Gasteiger partial charge is 0.378 e. The number of ether oxygens (including phenoxy) is 1. The number of aliphatic imine (C=N–C) groups is 2. The van der Waals surface area contributed by atoms with Crippen LogP contribution >= 0.6 is 0 Å². The average Bonchev–Trinajstić information content (AvgIpc) is 2.77. The fraction of sp³-hybridized carbons (Fsp3) is 0.522. The molecule has 2 saturated heterocycles. The molecule has 0 spiro atoms. The Morgan fingerprint density at radius 3 is 2.28 bits per heavy atom. The van der Waals surface area contributed by atoms with Crippen LogP contribution in [0.1, 0.15) is 32.3 Å². The average molecular weight is 397 g/mol. The van der Waals surface area contributed by atoms with Crippen LogP contribution in [0.5, 0.6) is 0 Å². The molecule has 2 heterocycles. The number of carbonyl (C=O) groups excluding carboxylic acids is 1. The first-order valence-corrected chi connectivity index (χ1v) is 10.5. The third kappa shape index (κ3) is 5.32. The molecule has 2 fully saturated rings. The van der Waals surface area contributed by atoms with Crippen molar-refractivity contribution in [2.75, 3.05) is 44.3 Å². The van der Waals surface area contributed by atoms with Crippen LogP contribution in [0.4, 0.5) is 5.69 Å². The minimum absolute atomic E-state index is 0.0393. The van der Waals surface area contributed by atoms with E-state index in [1.807, 2.05) is 18.7 Å². The van der Waals surface area contributed by atoms with E-state index in [1.54, 1.807) is 0 Å². The van der Waals surface area contributed by atoms with Gasteiger partial charge in [0.05, 0.1) is 18.9 Å². The maximum Gasteiger partial charge on any atom is 0.225 e. The van der Waals surface area contributed by atoms with Crippen molar-refractivity contribution in [3.05, 3.63) is 36.4 Å². The SMILES string of the molecule is C=NC(=NC(=C)c1ccc(N2CCOCC2)cc1)C1CCN(C(=O)C(C)C)CC1. The predicted octanol–water partition coefficient (Wildman–Crippen LogP) is 3.49. The molecule has 29 heavy (non-hydrogen) atoms. The number of morpholine rings is 1. The number of piperidine rings is 1. The van der Waals surface area contributed by atoms with Crippen molar-refractivity contribution >= 4 is 29.8 Å². The summed E-state index contributed by atoms with van der Waals surface area (Å²) in [5.41, 5.74) is 2.87. The Labute approximate surface area is 174 Å². The quantitative estimate of drug-likeness (QED) is 0.565. The van der Waals surface area contributed by atoms with Crippen molar-refractivity contribution in [1.29, 1.82) is 0 Å². The molecule has 0 saturated carbocycles. The van der Waals surface area contributed by atoms with Gasteiger partial charge in [-0.1, -0.05) is 32.6 Å². The Morgan fingerprint density at radius 2 is 1.72 bits per heavy atom. The van der Waals surface area contributed by atoms with Gasteiger partial charge >= 0.3 is 0 Å². The second-order valence-corrected chi connectivity index (χ2v) is 7.98. The molecule has 0 atom stereocenters. The topological polar surface area (TPSA) is 57.5 Å². The molecule has 0 bridgehead atoms. The highest BCUT2D eigenvalue weighted by Gasteiger charge is 2.27. The molecule has 6 nitrogen and oxygen atoms in total. The van der Waals surface area contributed by atoms with Crippen LogP contribution in [0.2, 0.25) is 0 Å². The molecule has 0 unspecified atom stereocenters. The van der Waals surface area contributed by atoms with Gasteiger partial charge < -0.3 is 14.5 Å². The van der Waals surface area contributed by atoms with Crippen molar-refractivity contribution in [1.82, 2.24) is 4.90 Å². The lowest BCUT2D eigenvalue weighted by Crippen LogP contribution is -2.41. The standard InChI is InChI=1S/C23H32N4O2/c1-17(2)23(28)27-11-9-20(10-12-27)22(24-4)25-18(3)19-5-7-21(8-6-19)26-13-15-29-16-14-26/h5-8,17,20H,3-4,9-16H2,1-2H3. The first-order chi connectivity index (χ1) is 14.0. The van der Waals surface area contributed by atoms with Crippen LogP contribution in [0, 0.1) is 11.8 Å². The van der Waals surface area contributed by atoms with E-state index < -0.39 is 0 Å². The molecule has 1 aromatic rings. The third-order valence-corrected chi connectivity index (χ3v) is 5.65. The summed E-state index contributed by atoms with van der Waals surface area (Å²) in [6.45, 7) is 16.6. The number of likely N-dealkylation sites (tertiary alicyclic amines) is 1. The smallest absolute Gasteiger partial charge is 0.225 e. The highest BCUT2D eigenvalue weighted by Crippen LogP contribution is 2.25. The van der Waals surface area contributed by atoms with E-state index in [-0.39, 0.29) is 17.7 Å². The van der Waals surface area contributed by atoms with Crippen LogP contribution < -0.4 is 4.90 Å². The molecule has 156 valence electrons. The summed E-state index contributed by atoms with van der Waals surface area (Å²) in [5.74, 6) is 1.20. The number of carbonyl (C=O) groups is 1. The van der Waals surface area contributed by atoms with E-state index in [1.165, 1.54) is 5.69 Å². The number of amidine groups is 1. The number of amides is 1. The van der Waals surface area contributed by atoms with E-state index in [0.29, 0.717) is 5.70 Å². The minimum atomic E-state index is 0.0393. The summed E-state index contributed by atoms with van der Waals surface area (Å²) < 4.78 is 5.42. The van der Waals surface area contributed by atoms with Crippen LogP contribution in [-0.4, -0.2) is 62.8 Å². The first-order valence-electron chi connectivity index (χ1n) is 10.5. The lowest BCUT2D eigenvalue weighted by Gasteiger charge is -2.32. The van der Waals surface area contributed by atoms with Crippen LogP contribution in [0.15, 0.2) is 40.8 Å². The summed E-state index contributed by atoms with van der Waals surface area (Å²) in [7, 11) is 0. The lowest BCUT2D eigenvalue weighted by molar-refractivity contribution is -0.135. The number of hydrogen-bond acceptors (Lipinski definition) is 4. The summed E-state index contributed by atoms with van der Waals surface area (Å²) in [4.78, 5) is 25.3. The number of nitrogens with zero attached hydrogens (tertiary/aromatic N) is 4. The van der Waals surface area contributed by atoms with Gasteiger partial charge in [-0.25, -0.2) is 9.98 Å². The predicted molar refractivity (Wildman–Crippen MR) is 120 cm³/mol. The van der Waals surface area contributed by atoms with Gasteiger partial charge in [-0.05, 0) is 37.3 Å². The Morgan fingerprint density at radius 1 is 1.10 bits per heavy atom. The summed E-state index contributed by atoms with van der Waals surface area (Å²) >= 11 is 0. The number of rotatable bonds is 5. The van der Waals surface area contributed by atoms with Crippen LogP contribution in [0.3, 0.4) is 0 Å². The minimum Gasteiger partial charge on any atom is -0.378 e. The molecular formula is C23H32N4O2. The molecule has 0 aliphatic carbocycles. The second-order valence-electron chi connectivity index (χ2n) is 7.98. The molecule has 2 aliphatic rings. The molecule has 1 amide bonds. The summed E-state index contributed by atoms with van der Waals surface area (Å²) in [6.07, 6.45) is 1.72. The summed E-state index contributed by atoms with van der Waals surface area (Å²) in [5, 5.41) is 0. The van der Waals surface area contributed by atoms with Gasteiger partial charge in [0.25, 0.3) is 0 Å². The van der Waals surface area contributed by atoms with Gasteiger partial charge in [0.1, 0.15) is 5.84 Å². The molecule has 2 aliphatic heterocycles. The second kappa shape index (κ2) is 9.83. The molecule has 3 rings (SSSR count). The molecule has 0 aromatic heterocycles. The zero-order chi connectivity index (χ0) is 20.8. The van der Waals surface area contributed by atoms with Crippen molar-refractivity contribution in [2.45, 2.75) is 26.7 Å². The fourth-order valence-corrected chi connectivity index (χ4v) is 3.87. The lowest BCUT2D eigenvalue weighted by atomic mass is 9.94. The van der Waals surface area contributed by atoms with E-state index in [9.17, 15) is 4.79 Å². The molecule has 6 heteroatoms. The van der Waals surface area contributed by atoms with Gasteiger partial charge in [-0.15, -0.1) is 0 Å². The maximum absolute atomic E-state index is 12.2. The first kappa shape index (κ1) is 21.2. The highest BCUT2D eigenvalue weighted by molar-refractivity contribution is 5.93. The normalized spacial score (nSPS) is 18.8. The molecule has 1 aromatic carbocycles. The third-order valence-electron chi connectivity index (χ3n) is 5.65. The Hall–Kier alpha value is -2.47. The Balaban J connectivity index is 1.62. The van der Waals surface area contributed by atoms with Gasteiger partial charge in [0, 0.05) is 43.7 Å². The van der Waals surface area contributed by atoms with Gasteiger partial charge in [0.15, 0.2) is 0 Å². The number of benzene rings is 1. The number of hydrogen-bond donors (Lipinski definition) is 0. The molecule has 0 N–H and O–H groups in total. The molecule has 0 radical (unpaired) electrons.